The average molecular weight is 257 g/mol. The zero-order valence-electron chi connectivity index (χ0n) is 10.5. The largest absolute Gasteiger partial charge is 0.396 e. The summed E-state index contributed by atoms with van der Waals surface area (Å²) in [6, 6.07) is 1.62. The van der Waals surface area contributed by atoms with Gasteiger partial charge in [-0.1, -0.05) is 6.92 Å². The first-order valence-corrected chi connectivity index (χ1v) is 5.67. The minimum absolute atomic E-state index is 0.243. The number of nitrogens with two attached hydrogens (primary N) is 1. The summed E-state index contributed by atoms with van der Waals surface area (Å²) in [5.41, 5.74) is 4.81. The molecular formula is C12H17F2N3O. The highest BCUT2D eigenvalue weighted by atomic mass is 19.1. The highest BCUT2D eigenvalue weighted by Gasteiger charge is 2.14. The second-order valence-corrected chi connectivity index (χ2v) is 4.01. The Kier molecular flexibility index (Phi) is 5.03. The predicted octanol–water partition coefficient (Wildman–Crippen LogP) is 1.23. The summed E-state index contributed by atoms with van der Waals surface area (Å²) in [7, 11) is 1.91. The fraction of sp³-hybridized carbons (Fsp3) is 0.417. The van der Waals surface area contributed by atoms with Crippen molar-refractivity contribution in [2.75, 3.05) is 32.4 Å². The van der Waals surface area contributed by atoms with Crippen molar-refractivity contribution in [3.05, 3.63) is 29.3 Å². The van der Waals surface area contributed by atoms with Gasteiger partial charge in [0, 0.05) is 19.2 Å². The molecule has 0 aliphatic rings. The van der Waals surface area contributed by atoms with E-state index in [4.69, 9.17) is 5.73 Å². The van der Waals surface area contributed by atoms with Crippen LogP contribution in [-0.2, 0) is 0 Å². The van der Waals surface area contributed by atoms with E-state index in [-0.39, 0.29) is 11.3 Å². The van der Waals surface area contributed by atoms with Crippen LogP contribution in [0.1, 0.15) is 17.3 Å². The number of hydrogen-bond donors (Lipinski definition) is 2. The molecule has 1 aromatic carbocycles. The molecule has 0 unspecified atom stereocenters. The molecule has 4 nitrogen and oxygen atoms in total. The maximum Gasteiger partial charge on any atom is 0.254 e. The summed E-state index contributed by atoms with van der Waals surface area (Å²) in [4.78, 5) is 13.6. The van der Waals surface area contributed by atoms with E-state index >= 15 is 0 Å². The van der Waals surface area contributed by atoms with Gasteiger partial charge in [0.1, 0.15) is 11.6 Å². The van der Waals surface area contributed by atoms with Gasteiger partial charge in [-0.2, -0.15) is 0 Å². The number of nitrogen functional groups attached to an aromatic ring is 1. The number of benzene rings is 1. The minimum Gasteiger partial charge on any atom is -0.396 e. The summed E-state index contributed by atoms with van der Waals surface area (Å²) in [5.74, 6) is -2.37. The third kappa shape index (κ3) is 3.66. The van der Waals surface area contributed by atoms with Gasteiger partial charge in [0.05, 0.1) is 11.3 Å². The van der Waals surface area contributed by atoms with Gasteiger partial charge in [0.25, 0.3) is 5.91 Å². The number of rotatable bonds is 5. The van der Waals surface area contributed by atoms with Crippen molar-refractivity contribution < 1.29 is 13.6 Å². The van der Waals surface area contributed by atoms with Crippen LogP contribution in [0.4, 0.5) is 14.5 Å². The van der Waals surface area contributed by atoms with Crippen LogP contribution >= 0.6 is 0 Å². The summed E-state index contributed by atoms with van der Waals surface area (Å²) >= 11 is 0. The lowest BCUT2D eigenvalue weighted by atomic mass is 10.1. The molecule has 0 radical (unpaired) electrons. The van der Waals surface area contributed by atoms with Crippen LogP contribution in [0.25, 0.3) is 0 Å². The number of likely N-dealkylation sites (N-methyl/N-ethyl adjacent to an activating group) is 1. The molecule has 0 spiro atoms. The van der Waals surface area contributed by atoms with Gasteiger partial charge in [-0.15, -0.1) is 0 Å². The predicted molar refractivity (Wildman–Crippen MR) is 66.3 cm³/mol. The zero-order valence-corrected chi connectivity index (χ0v) is 10.5. The molecule has 0 saturated carbocycles. The Bertz CT molecular complexity index is 438. The highest BCUT2D eigenvalue weighted by Crippen LogP contribution is 2.16. The average Bonchev–Trinajstić information content (AvgIpc) is 2.33. The molecular weight excluding hydrogens is 240 g/mol. The van der Waals surface area contributed by atoms with E-state index in [9.17, 15) is 13.6 Å². The topological polar surface area (TPSA) is 58.4 Å². The van der Waals surface area contributed by atoms with Gasteiger partial charge in [0.2, 0.25) is 0 Å². The number of nitrogens with zero attached hydrogens (tertiary/aromatic N) is 1. The summed E-state index contributed by atoms with van der Waals surface area (Å²) in [6.07, 6.45) is 0. The van der Waals surface area contributed by atoms with E-state index < -0.39 is 17.5 Å². The Morgan fingerprint density at radius 3 is 2.67 bits per heavy atom. The van der Waals surface area contributed by atoms with Crippen molar-refractivity contribution in [3.8, 4) is 0 Å². The molecule has 0 atom stereocenters. The number of anilines is 1. The van der Waals surface area contributed by atoms with Gasteiger partial charge in [0.15, 0.2) is 0 Å². The molecule has 0 aromatic heterocycles. The second kappa shape index (κ2) is 6.30. The van der Waals surface area contributed by atoms with Crippen molar-refractivity contribution in [3.63, 3.8) is 0 Å². The standard InChI is InChI=1S/C12H17F2N3O/c1-3-17(2)5-4-16-12(18)8-6-11(15)10(14)7-9(8)13/h6-7H,3-5,15H2,1-2H3,(H,16,18). The lowest BCUT2D eigenvalue weighted by Gasteiger charge is -2.14. The Labute approximate surface area is 105 Å². The van der Waals surface area contributed by atoms with Crippen LogP contribution < -0.4 is 11.1 Å². The van der Waals surface area contributed by atoms with Gasteiger partial charge in [-0.05, 0) is 19.7 Å². The Balaban J connectivity index is 2.64. The molecule has 100 valence electrons. The summed E-state index contributed by atoms with van der Waals surface area (Å²) in [6.45, 7) is 3.89. The number of carbonyl (C=O) groups is 1. The van der Waals surface area contributed by atoms with Crippen molar-refractivity contribution in [1.29, 1.82) is 0 Å². The fourth-order valence-corrected chi connectivity index (χ4v) is 1.35. The quantitative estimate of drug-likeness (QED) is 0.780. The lowest BCUT2D eigenvalue weighted by molar-refractivity contribution is 0.0946. The van der Waals surface area contributed by atoms with E-state index in [2.05, 4.69) is 5.32 Å². The number of amides is 1. The van der Waals surface area contributed by atoms with Crippen LogP contribution in [0, 0.1) is 11.6 Å². The Morgan fingerprint density at radius 2 is 2.06 bits per heavy atom. The molecule has 0 aliphatic heterocycles. The molecule has 0 aliphatic carbocycles. The molecule has 0 fully saturated rings. The third-order valence-electron chi connectivity index (χ3n) is 2.65. The van der Waals surface area contributed by atoms with Gasteiger partial charge in [-0.3, -0.25) is 4.79 Å². The molecule has 1 rings (SSSR count). The van der Waals surface area contributed by atoms with Gasteiger partial charge >= 0.3 is 0 Å². The maximum atomic E-state index is 13.4. The molecule has 18 heavy (non-hydrogen) atoms. The van der Waals surface area contributed by atoms with E-state index in [1.165, 1.54) is 0 Å². The normalized spacial score (nSPS) is 10.7. The molecule has 0 saturated heterocycles. The molecule has 3 N–H and O–H groups in total. The van der Waals surface area contributed by atoms with E-state index in [0.29, 0.717) is 19.2 Å². The molecule has 0 heterocycles. The molecule has 6 heteroatoms. The first-order chi connectivity index (χ1) is 8.45. The number of halogens is 2. The van der Waals surface area contributed by atoms with Crippen LogP contribution in [-0.4, -0.2) is 37.5 Å². The maximum absolute atomic E-state index is 13.4. The van der Waals surface area contributed by atoms with Crippen LogP contribution in [0.15, 0.2) is 12.1 Å². The fourth-order valence-electron chi connectivity index (χ4n) is 1.35. The summed E-state index contributed by atoms with van der Waals surface area (Å²) in [5, 5.41) is 2.55. The van der Waals surface area contributed by atoms with Crippen molar-refractivity contribution >= 4 is 11.6 Å². The Morgan fingerprint density at radius 1 is 1.39 bits per heavy atom. The first-order valence-electron chi connectivity index (χ1n) is 5.67. The smallest absolute Gasteiger partial charge is 0.254 e. The minimum atomic E-state index is -0.914. The SMILES string of the molecule is CCN(C)CCNC(=O)c1cc(N)c(F)cc1F. The monoisotopic (exact) mass is 257 g/mol. The summed E-state index contributed by atoms with van der Waals surface area (Å²) < 4.78 is 26.3. The van der Waals surface area contributed by atoms with Gasteiger partial charge < -0.3 is 16.0 Å². The zero-order chi connectivity index (χ0) is 13.7. The van der Waals surface area contributed by atoms with E-state index in [1.807, 2.05) is 18.9 Å². The van der Waals surface area contributed by atoms with E-state index in [0.717, 1.165) is 12.6 Å². The lowest BCUT2D eigenvalue weighted by Crippen LogP contribution is -2.33. The molecule has 1 amide bonds. The van der Waals surface area contributed by atoms with Crippen LogP contribution in [0.5, 0.6) is 0 Å². The Hall–Kier alpha value is -1.69. The highest BCUT2D eigenvalue weighted by molar-refractivity contribution is 5.95. The molecule has 1 aromatic rings. The van der Waals surface area contributed by atoms with Crippen LogP contribution in [0.2, 0.25) is 0 Å². The van der Waals surface area contributed by atoms with Gasteiger partial charge in [-0.25, -0.2) is 8.78 Å². The van der Waals surface area contributed by atoms with E-state index in [1.54, 1.807) is 0 Å². The number of carbonyl (C=O) groups excluding carboxylic acids is 1. The molecule has 0 bridgehead atoms. The number of hydrogen-bond acceptors (Lipinski definition) is 3. The van der Waals surface area contributed by atoms with Crippen LogP contribution in [0.3, 0.4) is 0 Å². The number of nitrogens with one attached hydrogen (secondary N) is 1. The third-order valence-corrected chi connectivity index (χ3v) is 2.65. The van der Waals surface area contributed by atoms with Crippen molar-refractivity contribution in [2.24, 2.45) is 0 Å². The van der Waals surface area contributed by atoms with Crippen molar-refractivity contribution in [1.82, 2.24) is 10.2 Å². The second-order valence-electron chi connectivity index (χ2n) is 4.01. The first kappa shape index (κ1) is 14.4. The van der Waals surface area contributed by atoms with Crippen molar-refractivity contribution in [2.45, 2.75) is 6.92 Å².